The van der Waals surface area contributed by atoms with E-state index in [1.165, 1.54) is 39.4 Å². The number of hydrogen-bond acceptors (Lipinski definition) is 10. The Bertz CT molecular complexity index is 1330. The molecule has 0 bridgehead atoms. The molecular weight excluding hydrogens is 513 g/mol. The number of aromatic nitrogens is 4. The standard InChI is InChI=1S/C24H34N7O6P/c1-15(2)37-23(33)24(4,5)30-38(34,29-22(32)17-7-9-18(35-6)10-8-17)14-36-16(3)11-31-13-28-19-20(25)26-12-27-21(19)31/h7-10,12-13,15-16H,11,14H2,1-6H3,(H2,25,26,27)(H2,29,30,32,34)/t16-,38?/m1/s1. The van der Waals surface area contributed by atoms with Crippen LogP contribution in [0, 0.1) is 0 Å². The summed E-state index contributed by atoms with van der Waals surface area (Å²) < 4.78 is 32.1. The molecule has 3 aromatic rings. The van der Waals surface area contributed by atoms with Crippen LogP contribution in [0.1, 0.15) is 45.0 Å². The molecule has 0 aliphatic heterocycles. The van der Waals surface area contributed by atoms with E-state index < -0.39 is 37.3 Å². The molecule has 206 valence electrons. The van der Waals surface area contributed by atoms with Crippen molar-refractivity contribution in [1.29, 1.82) is 0 Å². The highest BCUT2D eigenvalue weighted by atomic mass is 31.2. The van der Waals surface area contributed by atoms with Crippen LogP contribution in [0.4, 0.5) is 5.82 Å². The average Bonchev–Trinajstić information content (AvgIpc) is 3.26. The number of anilines is 1. The summed E-state index contributed by atoms with van der Waals surface area (Å²) in [7, 11) is -2.34. The highest BCUT2D eigenvalue weighted by Gasteiger charge is 2.39. The van der Waals surface area contributed by atoms with Crippen molar-refractivity contribution >= 4 is 36.3 Å². The predicted octanol–water partition coefficient (Wildman–Crippen LogP) is 2.72. The Kier molecular flexibility index (Phi) is 9.08. The van der Waals surface area contributed by atoms with Crippen molar-refractivity contribution in [2.24, 2.45) is 0 Å². The lowest BCUT2D eigenvalue weighted by Crippen LogP contribution is -2.49. The quantitative estimate of drug-likeness (QED) is 0.225. The maximum absolute atomic E-state index is 14.0. The third-order valence-corrected chi connectivity index (χ3v) is 7.37. The highest BCUT2D eigenvalue weighted by Crippen LogP contribution is 2.40. The minimum absolute atomic E-state index is 0.255. The van der Waals surface area contributed by atoms with Gasteiger partial charge in [0.1, 0.15) is 29.5 Å². The molecule has 0 saturated heterocycles. The Labute approximate surface area is 220 Å². The van der Waals surface area contributed by atoms with Gasteiger partial charge in [-0.05, 0) is 58.9 Å². The van der Waals surface area contributed by atoms with Crippen LogP contribution in [0.3, 0.4) is 0 Å². The number of methoxy groups -OCH3 is 1. The highest BCUT2D eigenvalue weighted by molar-refractivity contribution is 7.60. The van der Waals surface area contributed by atoms with Crippen molar-refractivity contribution in [3.8, 4) is 5.75 Å². The second-order valence-corrected chi connectivity index (χ2v) is 11.7. The fraction of sp³-hybridized carbons (Fsp3) is 0.458. The first kappa shape index (κ1) is 29.0. The molecule has 13 nitrogen and oxygen atoms in total. The number of ether oxygens (including phenoxy) is 3. The minimum Gasteiger partial charge on any atom is -0.497 e. The Morgan fingerprint density at radius 3 is 2.45 bits per heavy atom. The van der Waals surface area contributed by atoms with Crippen LogP contribution in [-0.4, -0.2) is 62.6 Å². The number of hydrogen-bond donors (Lipinski definition) is 3. The maximum Gasteiger partial charge on any atom is 0.326 e. The molecule has 0 saturated carbocycles. The predicted molar refractivity (Wildman–Crippen MR) is 142 cm³/mol. The largest absolute Gasteiger partial charge is 0.497 e. The lowest BCUT2D eigenvalue weighted by atomic mass is 10.1. The molecule has 0 fully saturated rings. The van der Waals surface area contributed by atoms with E-state index in [4.69, 9.17) is 19.9 Å². The van der Waals surface area contributed by atoms with Gasteiger partial charge < -0.3 is 24.5 Å². The number of carbonyl (C=O) groups excluding carboxylic acids is 2. The Morgan fingerprint density at radius 2 is 1.82 bits per heavy atom. The first-order valence-corrected chi connectivity index (χ1v) is 13.8. The van der Waals surface area contributed by atoms with E-state index >= 15 is 0 Å². The molecule has 1 amide bonds. The van der Waals surface area contributed by atoms with Gasteiger partial charge in [-0.3, -0.25) is 19.2 Å². The van der Waals surface area contributed by atoms with Gasteiger partial charge >= 0.3 is 5.97 Å². The third kappa shape index (κ3) is 7.27. The fourth-order valence-corrected chi connectivity index (χ4v) is 5.62. The van der Waals surface area contributed by atoms with Crippen LogP contribution < -0.4 is 20.6 Å². The van der Waals surface area contributed by atoms with Gasteiger partial charge in [-0.2, -0.15) is 0 Å². The van der Waals surface area contributed by atoms with Crippen molar-refractivity contribution in [3.63, 3.8) is 0 Å². The number of nitrogen functional groups attached to an aromatic ring is 1. The number of imidazole rings is 1. The number of fused-ring (bicyclic) bond motifs is 1. The monoisotopic (exact) mass is 547 g/mol. The van der Waals surface area contributed by atoms with Gasteiger partial charge in [0.05, 0.1) is 32.2 Å². The Balaban J connectivity index is 1.78. The first-order chi connectivity index (χ1) is 17.8. The smallest absolute Gasteiger partial charge is 0.326 e. The van der Waals surface area contributed by atoms with Crippen LogP contribution in [0.15, 0.2) is 36.9 Å². The summed E-state index contributed by atoms with van der Waals surface area (Å²) in [5, 5.41) is 5.33. The van der Waals surface area contributed by atoms with Gasteiger partial charge in [0.2, 0.25) is 0 Å². The van der Waals surface area contributed by atoms with Gasteiger partial charge in [-0.25, -0.2) is 20.0 Å². The van der Waals surface area contributed by atoms with Gasteiger partial charge in [0, 0.05) is 5.56 Å². The summed E-state index contributed by atoms with van der Waals surface area (Å²) >= 11 is 0. The molecule has 0 spiro atoms. The van der Waals surface area contributed by atoms with Crippen LogP contribution in [0.2, 0.25) is 0 Å². The zero-order valence-corrected chi connectivity index (χ0v) is 23.2. The normalized spacial score (nSPS) is 14.2. The van der Waals surface area contributed by atoms with Gasteiger partial charge in [-0.1, -0.05) is 0 Å². The average molecular weight is 548 g/mol. The second kappa shape index (κ2) is 11.9. The number of benzene rings is 1. The van der Waals surface area contributed by atoms with E-state index in [-0.39, 0.29) is 17.5 Å². The first-order valence-electron chi connectivity index (χ1n) is 11.9. The van der Waals surface area contributed by atoms with E-state index in [1.54, 1.807) is 43.8 Å². The van der Waals surface area contributed by atoms with Gasteiger partial charge in [0.25, 0.3) is 13.4 Å². The molecule has 38 heavy (non-hydrogen) atoms. The molecule has 0 radical (unpaired) electrons. The summed E-state index contributed by atoms with van der Waals surface area (Å²) in [5.74, 6) is -0.411. The van der Waals surface area contributed by atoms with Crippen LogP contribution in [-0.2, 0) is 25.4 Å². The maximum atomic E-state index is 14.0. The van der Waals surface area contributed by atoms with Gasteiger partial charge in [-0.15, -0.1) is 0 Å². The summed E-state index contributed by atoms with van der Waals surface area (Å²) in [6.07, 6.45) is 1.63. The van der Waals surface area contributed by atoms with Crippen molar-refractivity contribution < 1.29 is 28.4 Å². The number of nitrogens with two attached hydrogens (primary N) is 1. The van der Waals surface area contributed by atoms with Gasteiger partial charge in [0.15, 0.2) is 11.5 Å². The lowest BCUT2D eigenvalue weighted by molar-refractivity contribution is -0.153. The SMILES string of the molecule is COc1ccc(C(=O)NP(=O)(CO[C@H](C)Cn2cnc3c(N)ncnc32)NC(C)(C)C(=O)OC(C)C)cc1. The molecular formula is C24H34N7O6P. The van der Waals surface area contributed by atoms with Crippen molar-refractivity contribution in [2.75, 3.05) is 19.2 Å². The number of nitrogens with one attached hydrogen (secondary N) is 2. The molecule has 3 rings (SSSR count). The number of rotatable bonds is 12. The molecule has 1 aromatic carbocycles. The van der Waals surface area contributed by atoms with E-state index in [1.807, 2.05) is 0 Å². The van der Waals surface area contributed by atoms with Crippen LogP contribution in [0.25, 0.3) is 11.2 Å². The fourth-order valence-electron chi connectivity index (χ4n) is 3.52. The minimum atomic E-state index is -3.85. The topological polar surface area (TPSA) is 173 Å². The molecule has 1 unspecified atom stereocenters. The molecule has 0 aliphatic carbocycles. The van der Waals surface area contributed by atoms with Crippen molar-refractivity contribution in [2.45, 2.75) is 58.9 Å². The second-order valence-electron chi connectivity index (χ2n) is 9.53. The van der Waals surface area contributed by atoms with E-state index in [2.05, 4.69) is 25.1 Å². The number of amides is 1. The summed E-state index contributed by atoms with van der Waals surface area (Å²) in [6.45, 7) is 8.54. The Morgan fingerprint density at radius 1 is 1.13 bits per heavy atom. The molecule has 14 heteroatoms. The van der Waals surface area contributed by atoms with E-state index in [9.17, 15) is 14.2 Å². The molecule has 2 atom stereocenters. The lowest BCUT2D eigenvalue weighted by Gasteiger charge is -2.31. The Hall–Kier alpha value is -3.54. The molecule has 0 aliphatic rings. The zero-order chi connectivity index (χ0) is 28.1. The number of esters is 1. The number of nitrogens with zero attached hydrogens (tertiary/aromatic N) is 4. The summed E-state index contributed by atoms with van der Waals surface area (Å²) in [6, 6.07) is 6.30. The summed E-state index contributed by atoms with van der Waals surface area (Å²) in [5.41, 5.74) is 5.70. The van der Waals surface area contributed by atoms with Crippen LogP contribution >= 0.6 is 7.44 Å². The molecule has 2 heterocycles. The summed E-state index contributed by atoms with van der Waals surface area (Å²) in [4.78, 5) is 38.0. The molecule has 4 N–H and O–H groups in total. The van der Waals surface area contributed by atoms with Crippen LogP contribution in [0.5, 0.6) is 5.75 Å². The van der Waals surface area contributed by atoms with Crippen molar-refractivity contribution in [3.05, 3.63) is 42.5 Å². The molecule has 2 aromatic heterocycles. The zero-order valence-electron chi connectivity index (χ0n) is 22.3. The number of carbonyl (C=O) groups is 2. The third-order valence-electron chi connectivity index (χ3n) is 5.37. The van der Waals surface area contributed by atoms with E-state index in [0.29, 0.717) is 23.5 Å². The van der Waals surface area contributed by atoms with E-state index in [0.717, 1.165) is 0 Å². The van der Waals surface area contributed by atoms with Crippen molar-refractivity contribution in [1.82, 2.24) is 29.7 Å².